The molecule has 36 nitrogen and oxygen atoms in total. The van der Waals surface area contributed by atoms with Crippen LogP contribution in [0.15, 0.2) is 0 Å². The number of hydrogen-bond donors (Lipinski definition) is 20. The molecular weight excluding hydrogens is 1100 g/mol. The van der Waals surface area contributed by atoms with Gasteiger partial charge in [0.25, 0.3) is 0 Å². The monoisotopic (exact) mass is 1170 g/mol. The molecule has 0 aliphatic carbocycles. The van der Waals surface area contributed by atoms with Crippen molar-refractivity contribution in [3.8, 4) is 0 Å². The lowest BCUT2D eigenvalue weighted by Gasteiger charge is -2.48. The summed E-state index contributed by atoms with van der Waals surface area (Å²) < 4.78 is 83.7. The summed E-state index contributed by atoms with van der Waals surface area (Å²) in [5.74, 6) is -0.242. The van der Waals surface area contributed by atoms with Gasteiger partial charge in [-0.3, -0.25) is 9.78 Å². The summed E-state index contributed by atoms with van der Waals surface area (Å²) in [5, 5.41) is 192. The summed E-state index contributed by atoms with van der Waals surface area (Å²) in [4.78, 5) is 34.0. The van der Waals surface area contributed by atoms with E-state index < -0.39 is 232 Å². The fourth-order valence-corrected chi connectivity index (χ4v) is 9.46. The van der Waals surface area contributed by atoms with Crippen LogP contribution in [0.25, 0.3) is 0 Å². The van der Waals surface area contributed by atoms with Crippen LogP contribution in [0.5, 0.6) is 0 Å². The van der Waals surface area contributed by atoms with Crippen molar-refractivity contribution in [1.29, 1.82) is 0 Å². The van der Waals surface area contributed by atoms with E-state index in [1.165, 1.54) is 6.92 Å². The molecule has 6 aliphatic heterocycles. The van der Waals surface area contributed by atoms with Crippen LogP contribution in [-0.2, 0) is 75.6 Å². The third-order valence-electron chi connectivity index (χ3n) is 13.6. The molecule has 30 atom stereocenters. The molecule has 6 saturated heterocycles. The average Bonchev–Trinajstić information content (AvgIpc) is 3.45. The third kappa shape index (κ3) is 15.6. The normalized spacial score (nSPS) is 47.7. The molecule has 0 saturated carbocycles. The molecule has 456 valence electrons. The van der Waals surface area contributed by atoms with Crippen LogP contribution in [0, 0.1) is 0 Å². The molecule has 6 rings (SSSR count). The Morgan fingerprint density at radius 1 is 0.410 bits per heavy atom. The Kier molecular flexibility index (Phi) is 24.3. The molecule has 0 spiro atoms. The van der Waals surface area contributed by atoms with Crippen molar-refractivity contribution in [1.82, 2.24) is 0 Å². The lowest BCUT2D eigenvalue weighted by atomic mass is 9.96. The summed E-state index contributed by atoms with van der Waals surface area (Å²) in [6, 6.07) is 0. The maximum Gasteiger partial charge on any atom is 0.469 e. The molecular formula is C41H71O36P. The first kappa shape index (κ1) is 65.7. The van der Waals surface area contributed by atoms with Crippen LogP contribution in [0.1, 0.15) is 19.8 Å². The van der Waals surface area contributed by atoms with E-state index in [0.29, 0.717) is 0 Å². The second kappa shape index (κ2) is 28.9. The number of Topliss-reactive ketones (excluding diaryl/α,β-unsaturated/α-hetero) is 1. The Morgan fingerprint density at radius 2 is 0.782 bits per heavy atom. The maximum absolute atomic E-state index is 11.8. The maximum atomic E-state index is 11.8. The first-order valence-corrected chi connectivity index (χ1v) is 25.9. The Morgan fingerprint density at radius 3 is 1.26 bits per heavy atom. The number of phosphoric acid groups is 1. The number of phosphoric ester groups is 1. The zero-order chi connectivity index (χ0) is 57.7. The minimum atomic E-state index is -5.20. The highest BCUT2D eigenvalue weighted by molar-refractivity contribution is 7.46. The van der Waals surface area contributed by atoms with E-state index >= 15 is 0 Å². The number of aliphatic hydroxyl groups is 17. The van der Waals surface area contributed by atoms with Gasteiger partial charge in [0.15, 0.2) is 37.7 Å². The van der Waals surface area contributed by atoms with Crippen LogP contribution in [0.2, 0.25) is 0 Å². The molecule has 12 unspecified atom stereocenters. The molecule has 0 aromatic heterocycles. The molecule has 37 heteroatoms. The van der Waals surface area contributed by atoms with Gasteiger partial charge in [-0.25, -0.2) is 9.45 Å². The van der Waals surface area contributed by atoms with Crippen molar-refractivity contribution in [3.05, 3.63) is 0 Å². The summed E-state index contributed by atoms with van der Waals surface area (Å²) in [6.07, 6.45) is -58.8. The number of carbonyl (C=O) groups is 1. The largest absolute Gasteiger partial charge is 0.469 e. The fraction of sp³-hybridized carbons (Fsp3) is 0.976. The van der Waals surface area contributed by atoms with Crippen LogP contribution in [0.3, 0.4) is 0 Å². The van der Waals surface area contributed by atoms with Crippen molar-refractivity contribution in [2.75, 3.05) is 46.2 Å². The highest BCUT2D eigenvalue weighted by Gasteiger charge is 2.56. The number of hydrogen-bond acceptors (Lipinski definition) is 34. The average molecular weight is 1170 g/mol. The van der Waals surface area contributed by atoms with E-state index in [4.69, 9.17) is 62.1 Å². The van der Waals surface area contributed by atoms with Crippen LogP contribution in [-0.4, -0.2) is 338 Å². The van der Waals surface area contributed by atoms with Gasteiger partial charge in [-0.15, -0.1) is 0 Å². The standard InChI is InChI=1S/C41H71O36P/c1-11(44)3-2-4-64-37-32(59)33(75-41-35(28(55)19(46)13(6-43)70-41)77-39-31(58)26(53)22(49)17(74-39)10-68-78(61,62)63)23(50)15(72-37)8-65-36-29(56)24(51)20(47)14(71-36)7-66-40-34(27(54)18(45)12(5-42)69-40)76-38-30(57)25(52)21(48)16(73-38)9-67-60/h12-43,45-60H,2-10H2,1H3,(H2,61,62,63)/t12?,13?,14?,15?,16?,17?,18-,19-,20-,21-,22-,23-,24+,25+,26+,27+,28+,29?,30?,31?,32?,33+,34?,35?,36+,37-,38-,39-,40+,41-/m1/s1. The lowest BCUT2D eigenvalue weighted by molar-refractivity contribution is -0.391. The van der Waals surface area contributed by atoms with E-state index in [9.17, 15) is 106 Å². The second-order valence-corrected chi connectivity index (χ2v) is 20.4. The minimum absolute atomic E-state index is 0.00133. The number of ether oxygens (including phenoxy) is 12. The first-order chi connectivity index (χ1) is 36.7. The van der Waals surface area contributed by atoms with Crippen molar-refractivity contribution < 1.29 is 177 Å². The number of ketones is 1. The molecule has 0 bridgehead atoms. The fourth-order valence-electron chi connectivity index (χ4n) is 9.12. The molecule has 20 N–H and O–H groups in total. The van der Waals surface area contributed by atoms with Crippen molar-refractivity contribution in [2.24, 2.45) is 0 Å². The summed E-state index contributed by atoms with van der Waals surface area (Å²) >= 11 is 0. The molecule has 6 fully saturated rings. The lowest BCUT2D eigenvalue weighted by Crippen LogP contribution is -2.67. The smallest absolute Gasteiger partial charge is 0.394 e. The SMILES string of the molecule is CC(=O)CCCO[C@@H]1OC(CO[C@H]2OC(CO[C@H]3OC(CO)[C@@H](O)[C@H](O)C3O[C@H]3OC(COO)[C@@H](O)[C@H](O)C3O)[C@@H](O)[C@H](O)C2O)[C@@H](O)[C@H](O[C@H]2OC(CO)[C@@H](O)[C@H](O)C2O[C@H]2OC(COP(=O)(O)O)[C@@H](O)[C@H](O)C2O)C1O. The zero-order valence-electron chi connectivity index (χ0n) is 41.1. The van der Waals surface area contributed by atoms with E-state index in [0.717, 1.165) is 0 Å². The molecule has 0 aromatic rings. The summed E-state index contributed by atoms with van der Waals surface area (Å²) in [5.41, 5.74) is 0. The van der Waals surface area contributed by atoms with Gasteiger partial charge in [0.2, 0.25) is 0 Å². The van der Waals surface area contributed by atoms with E-state index in [1.54, 1.807) is 0 Å². The van der Waals surface area contributed by atoms with Gasteiger partial charge in [-0.2, -0.15) is 0 Å². The number of rotatable bonds is 24. The Bertz CT molecular complexity index is 1880. The molecule has 6 heterocycles. The van der Waals surface area contributed by atoms with Gasteiger partial charge in [0.1, 0.15) is 159 Å². The summed E-state index contributed by atoms with van der Waals surface area (Å²) in [6.45, 7) is -4.54. The van der Waals surface area contributed by atoms with Crippen LogP contribution < -0.4 is 0 Å². The van der Waals surface area contributed by atoms with Crippen molar-refractivity contribution >= 4 is 13.6 Å². The Balaban J connectivity index is 1.19. The van der Waals surface area contributed by atoms with Crippen molar-refractivity contribution in [2.45, 2.75) is 204 Å². The number of carbonyl (C=O) groups excluding carboxylic acids is 1. The number of aliphatic hydroxyl groups excluding tert-OH is 17. The minimum Gasteiger partial charge on any atom is -0.394 e. The van der Waals surface area contributed by atoms with Gasteiger partial charge in [-0.1, -0.05) is 0 Å². The molecule has 0 amide bonds. The highest BCUT2D eigenvalue weighted by Crippen LogP contribution is 2.39. The Labute approximate surface area is 440 Å². The van der Waals surface area contributed by atoms with Gasteiger partial charge in [0, 0.05) is 6.42 Å². The van der Waals surface area contributed by atoms with Gasteiger partial charge in [0.05, 0.1) is 39.6 Å². The highest BCUT2D eigenvalue weighted by atomic mass is 31.2. The third-order valence-corrected chi connectivity index (χ3v) is 14.1. The van der Waals surface area contributed by atoms with Crippen molar-refractivity contribution in [3.63, 3.8) is 0 Å². The predicted molar refractivity (Wildman–Crippen MR) is 235 cm³/mol. The van der Waals surface area contributed by atoms with Gasteiger partial charge in [-0.05, 0) is 13.3 Å². The molecule has 6 aliphatic rings. The van der Waals surface area contributed by atoms with E-state index in [-0.39, 0.29) is 25.2 Å². The second-order valence-electron chi connectivity index (χ2n) is 19.2. The van der Waals surface area contributed by atoms with E-state index in [1.807, 2.05) is 0 Å². The molecule has 0 radical (unpaired) electrons. The first-order valence-electron chi connectivity index (χ1n) is 24.4. The Hall–Kier alpha value is -1.46. The quantitative estimate of drug-likeness (QED) is 0.0185. The summed E-state index contributed by atoms with van der Waals surface area (Å²) in [7, 11) is -5.20. The molecule has 0 aromatic carbocycles. The van der Waals surface area contributed by atoms with Crippen LogP contribution in [0.4, 0.5) is 0 Å². The predicted octanol–water partition coefficient (Wildman–Crippen LogP) is -12.1. The molecule has 78 heavy (non-hydrogen) atoms. The van der Waals surface area contributed by atoms with E-state index in [2.05, 4.69) is 9.41 Å². The topological polar surface area (TPSA) is 568 Å². The van der Waals surface area contributed by atoms with Gasteiger partial charge >= 0.3 is 7.82 Å². The van der Waals surface area contributed by atoms with Crippen LogP contribution >= 0.6 is 7.82 Å². The zero-order valence-corrected chi connectivity index (χ0v) is 42.0. The van der Waals surface area contributed by atoms with Gasteiger partial charge < -0.3 is 158 Å².